The van der Waals surface area contributed by atoms with Crippen LogP contribution >= 0.6 is 0 Å². The van der Waals surface area contributed by atoms with E-state index in [4.69, 9.17) is 4.74 Å². The quantitative estimate of drug-likeness (QED) is 0.137. The Balaban J connectivity index is 1.68. The predicted octanol–water partition coefficient (Wildman–Crippen LogP) is 5.72. The number of nitro benzene ring substituents is 1. The van der Waals surface area contributed by atoms with Crippen molar-refractivity contribution in [3.05, 3.63) is 99.7 Å². The summed E-state index contributed by atoms with van der Waals surface area (Å²) in [5.41, 5.74) is -3.15. The number of aryl methyl sites for hydroxylation is 1. The average molecular weight is 680 g/mol. The molecule has 0 bridgehead atoms. The van der Waals surface area contributed by atoms with E-state index in [1.54, 1.807) is 64.1 Å². The third-order valence-electron chi connectivity index (χ3n) is 11.1. The number of aromatic nitrogens is 1. The van der Waals surface area contributed by atoms with Crippen LogP contribution in [0.4, 0.5) is 5.69 Å². The van der Waals surface area contributed by atoms with Gasteiger partial charge in [0, 0.05) is 40.1 Å². The topological polar surface area (TPSA) is 146 Å². The number of benzene rings is 3. The van der Waals surface area contributed by atoms with Crippen molar-refractivity contribution >= 4 is 42.6 Å². The molecule has 0 amide bonds. The predicted molar refractivity (Wildman–Crippen MR) is 176 cm³/mol. The summed E-state index contributed by atoms with van der Waals surface area (Å²) in [6, 6.07) is 16.5. The SMILES string of the molecule is CCOC(=O)[C@@]1(C)N(S(=O)(=O)c2ccc([N+](=O)[O-])cc2)C(C)(C)[C@]2(C)Cc3cccc4c3c(cn4S(=O)(=O)c3ccc(C)cc3)[C@]12C. The van der Waals surface area contributed by atoms with Gasteiger partial charge in [-0.2, -0.15) is 4.31 Å². The third-order valence-corrected chi connectivity index (χ3v) is 15.0. The van der Waals surface area contributed by atoms with Crippen LogP contribution in [-0.2, 0) is 41.4 Å². The van der Waals surface area contributed by atoms with Crippen molar-refractivity contribution in [3.8, 4) is 0 Å². The first-order chi connectivity index (χ1) is 21.8. The van der Waals surface area contributed by atoms with Gasteiger partial charge in [0.1, 0.15) is 5.54 Å². The van der Waals surface area contributed by atoms with Gasteiger partial charge in [0.25, 0.3) is 15.7 Å². The van der Waals surface area contributed by atoms with Crippen molar-refractivity contribution in [2.24, 2.45) is 5.41 Å². The molecule has 1 fully saturated rings. The zero-order valence-corrected chi connectivity index (χ0v) is 28.9. The van der Waals surface area contributed by atoms with Gasteiger partial charge in [-0.25, -0.2) is 25.6 Å². The number of carbonyl (C=O) groups excluding carboxylic acids is 1. The van der Waals surface area contributed by atoms with Gasteiger partial charge in [0.2, 0.25) is 10.0 Å². The Hall–Kier alpha value is -4.07. The van der Waals surface area contributed by atoms with E-state index in [0.717, 1.165) is 23.3 Å². The Morgan fingerprint density at radius 1 is 0.894 bits per heavy atom. The van der Waals surface area contributed by atoms with Crippen molar-refractivity contribution in [1.82, 2.24) is 8.28 Å². The Labute approximate surface area is 274 Å². The molecule has 1 aromatic heterocycles. The lowest BCUT2D eigenvalue weighted by atomic mass is 9.48. The monoisotopic (exact) mass is 679 g/mol. The summed E-state index contributed by atoms with van der Waals surface area (Å²) in [4.78, 5) is 25.0. The van der Waals surface area contributed by atoms with E-state index in [1.807, 2.05) is 26.8 Å². The van der Waals surface area contributed by atoms with Crippen molar-refractivity contribution in [3.63, 3.8) is 0 Å². The van der Waals surface area contributed by atoms with Gasteiger partial charge >= 0.3 is 5.97 Å². The number of esters is 1. The van der Waals surface area contributed by atoms with Crippen LogP contribution in [0.1, 0.15) is 58.2 Å². The normalized spacial score (nSPS) is 25.4. The highest BCUT2D eigenvalue weighted by Gasteiger charge is 2.80. The largest absolute Gasteiger partial charge is 0.465 e. The van der Waals surface area contributed by atoms with Gasteiger partial charge in [0.15, 0.2) is 0 Å². The van der Waals surface area contributed by atoms with E-state index in [-0.39, 0.29) is 22.1 Å². The standard InChI is InChI=1S/C34H37N3O8S2/c1-8-45-30(38)34(7)33(6)27-21-35(46(41,42)25-16-12-22(2)13-17-25)28-11-9-10-23(29(27)28)20-32(33,5)31(3,4)37(34)47(43,44)26-18-14-24(15-19-26)36(39)40/h9-19,21H,8,20H2,1-7H3/t32-,33-,34+/m0/s1. The second kappa shape index (κ2) is 10.2. The molecule has 1 aliphatic carbocycles. The summed E-state index contributed by atoms with van der Waals surface area (Å²) >= 11 is 0. The number of hydrogen-bond donors (Lipinski definition) is 0. The van der Waals surface area contributed by atoms with Crippen molar-refractivity contribution in [2.45, 2.75) is 81.2 Å². The van der Waals surface area contributed by atoms with Gasteiger partial charge in [-0.15, -0.1) is 0 Å². The summed E-state index contributed by atoms with van der Waals surface area (Å²) in [6.07, 6.45) is 1.85. The van der Waals surface area contributed by atoms with Gasteiger partial charge in [-0.05, 0) is 82.5 Å². The lowest BCUT2D eigenvalue weighted by molar-refractivity contribution is -0.384. The number of sulfonamides is 1. The van der Waals surface area contributed by atoms with E-state index in [9.17, 15) is 31.7 Å². The minimum Gasteiger partial charge on any atom is -0.465 e. The van der Waals surface area contributed by atoms with Gasteiger partial charge < -0.3 is 4.74 Å². The van der Waals surface area contributed by atoms with Gasteiger partial charge in [0.05, 0.1) is 26.8 Å². The maximum atomic E-state index is 14.8. The fourth-order valence-corrected chi connectivity index (χ4v) is 11.9. The number of hydrogen-bond acceptors (Lipinski definition) is 8. The molecule has 248 valence electrons. The van der Waals surface area contributed by atoms with E-state index in [2.05, 4.69) is 0 Å². The number of nitrogens with zero attached hydrogens (tertiary/aromatic N) is 3. The van der Waals surface area contributed by atoms with Crippen molar-refractivity contribution in [2.75, 3.05) is 6.61 Å². The highest BCUT2D eigenvalue weighted by molar-refractivity contribution is 7.90. The van der Waals surface area contributed by atoms with Gasteiger partial charge in [-0.1, -0.05) is 43.7 Å². The van der Waals surface area contributed by atoms with Crippen LogP contribution in [0.15, 0.2) is 82.7 Å². The van der Waals surface area contributed by atoms with E-state index >= 15 is 0 Å². The number of ether oxygens (including phenoxy) is 1. The first-order valence-electron chi connectivity index (χ1n) is 15.2. The molecule has 0 unspecified atom stereocenters. The lowest BCUT2D eigenvalue weighted by Gasteiger charge is -2.52. The molecule has 4 aromatic rings. The number of fused-ring (bicyclic) bond motifs is 2. The maximum Gasteiger partial charge on any atom is 0.328 e. The first-order valence-corrected chi connectivity index (χ1v) is 18.1. The zero-order valence-electron chi connectivity index (χ0n) is 27.3. The maximum absolute atomic E-state index is 14.8. The Morgan fingerprint density at radius 3 is 2.04 bits per heavy atom. The summed E-state index contributed by atoms with van der Waals surface area (Å²) < 4.78 is 66.2. The molecule has 2 aliphatic rings. The minimum atomic E-state index is -4.53. The molecule has 11 nitrogen and oxygen atoms in total. The fourth-order valence-electron chi connectivity index (χ4n) is 8.29. The molecule has 2 heterocycles. The summed E-state index contributed by atoms with van der Waals surface area (Å²) in [7, 11) is -8.65. The molecule has 1 saturated heterocycles. The second-order valence-electron chi connectivity index (χ2n) is 13.5. The molecule has 0 saturated carbocycles. The molecule has 13 heteroatoms. The summed E-state index contributed by atoms with van der Waals surface area (Å²) in [5, 5.41) is 12.0. The van der Waals surface area contributed by atoms with Crippen molar-refractivity contribution < 1.29 is 31.3 Å². The van der Waals surface area contributed by atoms with Crippen LogP contribution < -0.4 is 0 Å². The minimum absolute atomic E-state index is 0.0259. The molecule has 3 aromatic carbocycles. The molecule has 0 N–H and O–H groups in total. The highest BCUT2D eigenvalue weighted by Crippen LogP contribution is 2.70. The van der Waals surface area contributed by atoms with E-state index in [0.29, 0.717) is 22.9 Å². The average Bonchev–Trinajstić information content (AvgIpc) is 3.46. The smallest absolute Gasteiger partial charge is 0.328 e. The number of nitro groups is 1. The highest BCUT2D eigenvalue weighted by atomic mass is 32.2. The van der Waals surface area contributed by atoms with Crippen LogP contribution in [0.5, 0.6) is 0 Å². The number of carbonyl (C=O) groups is 1. The van der Waals surface area contributed by atoms with Crippen LogP contribution in [-0.4, -0.2) is 53.7 Å². The molecular weight excluding hydrogens is 643 g/mol. The number of rotatable bonds is 7. The van der Waals surface area contributed by atoms with Crippen molar-refractivity contribution in [1.29, 1.82) is 0 Å². The fraction of sp³-hybridized carbons (Fsp3) is 0.382. The molecule has 1 aliphatic heterocycles. The van der Waals surface area contributed by atoms with Gasteiger partial charge in [-0.3, -0.25) is 10.1 Å². The summed E-state index contributed by atoms with van der Waals surface area (Å²) in [5.74, 6) is -0.786. The zero-order chi connectivity index (χ0) is 34.5. The van der Waals surface area contributed by atoms with Crippen LogP contribution in [0.2, 0.25) is 0 Å². The number of non-ortho nitro benzene ring substituents is 1. The Morgan fingerprint density at radius 2 is 1.47 bits per heavy atom. The second-order valence-corrected chi connectivity index (χ2v) is 17.1. The van der Waals surface area contributed by atoms with Crippen LogP contribution in [0, 0.1) is 22.5 Å². The van der Waals surface area contributed by atoms with E-state index in [1.165, 1.54) is 26.6 Å². The van der Waals surface area contributed by atoms with Crippen LogP contribution in [0.3, 0.4) is 0 Å². The molecule has 3 atom stereocenters. The first kappa shape index (κ1) is 32.9. The van der Waals surface area contributed by atoms with E-state index < -0.39 is 52.8 Å². The molecular formula is C34H37N3O8S2. The Kier molecular flexibility index (Phi) is 7.14. The molecule has 0 radical (unpaired) electrons. The molecule has 47 heavy (non-hydrogen) atoms. The Bertz CT molecular complexity index is 2190. The lowest BCUT2D eigenvalue weighted by Crippen LogP contribution is -2.63. The molecule has 0 spiro atoms. The third kappa shape index (κ3) is 4.02. The summed E-state index contributed by atoms with van der Waals surface area (Å²) in [6.45, 7) is 12.3. The molecule has 6 rings (SSSR count). The van der Waals surface area contributed by atoms with Crippen LogP contribution in [0.25, 0.3) is 10.9 Å².